The van der Waals surface area contributed by atoms with E-state index in [0.717, 1.165) is 12.8 Å². The number of hydrogen-bond donors (Lipinski definition) is 2. The van der Waals surface area contributed by atoms with E-state index in [1.807, 2.05) is 6.92 Å². The summed E-state index contributed by atoms with van der Waals surface area (Å²) in [4.78, 5) is 20.9. The lowest BCUT2D eigenvalue weighted by molar-refractivity contribution is 0.296. The Hall–Kier alpha value is -1.36. The number of anilines is 1. The van der Waals surface area contributed by atoms with E-state index in [-0.39, 0.29) is 12.2 Å². The first-order valence-corrected chi connectivity index (χ1v) is 6.72. The molecule has 0 aromatic carbocycles. The number of H-pyrrole nitrogens is 1. The molecule has 1 fully saturated rings. The van der Waals surface area contributed by atoms with Gasteiger partial charge in [-0.05, 0) is 12.8 Å². The average Bonchev–Trinajstić information content (AvgIpc) is 2.88. The molecule has 2 N–H and O–H groups in total. The molecule has 2 rings (SSSR count). The van der Waals surface area contributed by atoms with E-state index in [0.29, 0.717) is 30.6 Å². The molecule has 0 atom stereocenters. The van der Waals surface area contributed by atoms with Crippen molar-refractivity contribution in [2.45, 2.75) is 45.1 Å². The Morgan fingerprint density at radius 2 is 2.22 bits per heavy atom. The highest BCUT2D eigenvalue weighted by Crippen LogP contribution is 2.26. The predicted molar refractivity (Wildman–Crippen MR) is 70.9 cm³/mol. The second kappa shape index (κ2) is 6.00. The summed E-state index contributed by atoms with van der Waals surface area (Å²) in [5.41, 5.74) is -0.113. The van der Waals surface area contributed by atoms with E-state index in [1.165, 1.54) is 18.9 Å². The molecule has 100 valence electrons. The van der Waals surface area contributed by atoms with Crippen LogP contribution in [0.5, 0.6) is 0 Å². The molecule has 0 radical (unpaired) electrons. The Balaban J connectivity index is 2.28. The SMILES string of the molecule is CCc1nc(N(CCO)C2CCCC2)cc(=O)[nH]1. The largest absolute Gasteiger partial charge is 0.395 e. The summed E-state index contributed by atoms with van der Waals surface area (Å²) in [7, 11) is 0. The minimum Gasteiger partial charge on any atom is -0.395 e. The van der Waals surface area contributed by atoms with E-state index < -0.39 is 0 Å². The molecule has 1 heterocycles. The van der Waals surface area contributed by atoms with Crippen LogP contribution in [0.2, 0.25) is 0 Å². The van der Waals surface area contributed by atoms with Gasteiger partial charge in [0, 0.05) is 25.1 Å². The monoisotopic (exact) mass is 251 g/mol. The third-order valence-corrected chi connectivity index (χ3v) is 3.51. The molecule has 1 aromatic rings. The topological polar surface area (TPSA) is 69.2 Å². The molecule has 0 saturated heterocycles. The van der Waals surface area contributed by atoms with Crippen molar-refractivity contribution >= 4 is 5.82 Å². The zero-order chi connectivity index (χ0) is 13.0. The van der Waals surface area contributed by atoms with Crippen molar-refractivity contribution < 1.29 is 5.11 Å². The van der Waals surface area contributed by atoms with E-state index in [2.05, 4.69) is 14.9 Å². The van der Waals surface area contributed by atoms with Gasteiger partial charge in [0.25, 0.3) is 5.56 Å². The molecule has 0 aliphatic heterocycles. The van der Waals surface area contributed by atoms with Crippen LogP contribution in [-0.4, -0.2) is 34.3 Å². The Kier molecular flexibility index (Phi) is 4.36. The number of aryl methyl sites for hydroxylation is 1. The lowest BCUT2D eigenvalue weighted by atomic mass is 10.2. The van der Waals surface area contributed by atoms with Crippen LogP contribution in [0.3, 0.4) is 0 Å². The van der Waals surface area contributed by atoms with Gasteiger partial charge in [-0.25, -0.2) is 4.98 Å². The highest BCUT2D eigenvalue weighted by molar-refractivity contribution is 5.39. The molecule has 0 unspecified atom stereocenters. The molecular formula is C13H21N3O2. The van der Waals surface area contributed by atoms with Crippen LogP contribution < -0.4 is 10.5 Å². The first kappa shape index (κ1) is 13.1. The molecule has 18 heavy (non-hydrogen) atoms. The summed E-state index contributed by atoms with van der Waals surface area (Å²) >= 11 is 0. The van der Waals surface area contributed by atoms with Gasteiger partial charge in [-0.3, -0.25) is 4.79 Å². The van der Waals surface area contributed by atoms with Crippen LogP contribution in [-0.2, 0) is 6.42 Å². The smallest absolute Gasteiger partial charge is 0.252 e. The van der Waals surface area contributed by atoms with Gasteiger partial charge >= 0.3 is 0 Å². The maximum atomic E-state index is 11.6. The van der Waals surface area contributed by atoms with Gasteiger partial charge in [0.05, 0.1) is 6.61 Å². The Morgan fingerprint density at radius 3 is 2.83 bits per heavy atom. The predicted octanol–water partition coefficient (Wildman–Crippen LogP) is 1.07. The molecule has 5 heteroatoms. The average molecular weight is 251 g/mol. The summed E-state index contributed by atoms with van der Waals surface area (Å²) in [6.45, 7) is 2.60. The van der Waals surface area contributed by atoms with Crippen LogP contribution in [0.1, 0.15) is 38.4 Å². The highest BCUT2D eigenvalue weighted by atomic mass is 16.3. The van der Waals surface area contributed by atoms with Gasteiger partial charge in [-0.2, -0.15) is 0 Å². The molecule has 5 nitrogen and oxygen atoms in total. The van der Waals surface area contributed by atoms with E-state index in [4.69, 9.17) is 0 Å². The van der Waals surface area contributed by atoms with Gasteiger partial charge in [-0.15, -0.1) is 0 Å². The van der Waals surface area contributed by atoms with Crippen LogP contribution in [0.4, 0.5) is 5.82 Å². The molecular weight excluding hydrogens is 230 g/mol. The number of hydrogen-bond acceptors (Lipinski definition) is 4. The minimum atomic E-state index is -0.113. The zero-order valence-corrected chi connectivity index (χ0v) is 10.9. The van der Waals surface area contributed by atoms with Gasteiger partial charge in [0.15, 0.2) is 0 Å². The normalized spacial score (nSPS) is 16.1. The quantitative estimate of drug-likeness (QED) is 0.821. The first-order valence-electron chi connectivity index (χ1n) is 6.72. The first-order chi connectivity index (χ1) is 8.74. The third kappa shape index (κ3) is 2.90. The van der Waals surface area contributed by atoms with Gasteiger partial charge in [-0.1, -0.05) is 19.8 Å². The van der Waals surface area contributed by atoms with E-state index in [9.17, 15) is 9.90 Å². The standard InChI is InChI=1S/C13H21N3O2/c1-2-11-14-12(9-13(18)15-11)16(7-8-17)10-5-3-4-6-10/h9-10,17H,2-8H2,1H3,(H,14,15,18). The highest BCUT2D eigenvalue weighted by Gasteiger charge is 2.23. The Bertz CT molecular complexity index is 438. The number of aromatic amines is 1. The van der Waals surface area contributed by atoms with E-state index in [1.54, 1.807) is 0 Å². The molecule has 0 amide bonds. The fourth-order valence-electron chi connectivity index (χ4n) is 2.62. The molecule has 0 spiro atoms. The summed E-state index contributed by atoms with van der Waals surface area (Å²) in [5, 5.41) is 9.20. The molecule has 1 saturated carbocycles. The van der Waals surface area contributed by atoms with Crippen LogP contribution in [0, 0.1) is 0 Å². The van der Waals surface area contributed by atoms with Crippen molar-refractivity contribution in [2.75, 3.05) is 18.1 Å². The number of aliphatic hydroxyl groups excluding tert-OH is 1. The molecule has 1 aliphatic carbocycles. The summed E-state index contributed by atoms with van der Waals surface area (Å²) in [6, 6.07) is 1.95. The minimum absolute atomic E-state index is 0.0897. The summed E-state index contributed by atoms with van der Waals surface area (Å²) in [6.07, 6.45) is 5.39. The number of nitrogens with one attached hydrogen (secondary N) is 1. The lowest BCUT2D eigenvalue weighted by Gasteiger charge is -2.29. The molecule has 1 aliphatic rings. The summed E-state index contributed by atoms with van der Waals surface area (Å²) in [5.74, 6) is 1.41. The van der Waals surface area contributed by atoms with Crippen molar-refractivity contribution in [1.82, 2.24) is 9.97 Å². The third-order valence-electron chi connectivity index (χ3n) is 3.51. The van der Waals surface area contributed by atoms with Crippen LogP contribution >= 0.6 is 0 Å². The molecule has 0 bridgehead atoms. The van der Waals surface area contributed by atoms with Crippen molar-refractivity contribution in [2.24, 2.45) is 0 Å². The summed E-state index contributed by atoms with van der Waals surface area (Å²) < 4.78 is 0. The van der Waals surface area contributed by atoms with Crippen molar-refractivity contribution in [1.29, 1.82) is 0 Å². The fraction of sp³-hybridized carbons (Fsp3) is 0.692. The van der Waals surface area contributed by atoms with Crippen molar-refractivity contribution in [3.8, 4) is 0 Å². The van der Waals surface area contributed by atoms with Crippen LogP contribution in [0.15, 0.2) is 10.9 Å². The number of aromatic nitrogens is 2. The second-order valence-electron chi connectivity index (χ2n) is 4.76. The van der Waals surface area contributed by atoms with Gasteiger partial charge in [0.2, 0.25) is 0 Å². The number of aliphatic hydroxyl groups is 1. The lowest BCUT2D eigenvalue weighted by Crippen LogP contribution is -2.37. The Morgan fingerprint density at radius 1 is 1.50 bits per heavy atom. The number of nitrogens with zero attached hydrogens (tertiary/aromatic N) is 2. The maximum absolute atomic E-state index is 11.6. The van der Waals surface area contributed by atoms with Gasteiger partial charge in [0.1, 0.15) is 11.6 Å². The van der Waals surface area contributed by atoms with Crippen molar-refractivity contribution in [3.63, 3.8) is 0 Å². The fourth-order valence-corrected chi connectivity index (χ4v) is 2.62. The van der Waals surface area contributed by atoms with Gasteiger partial charge < -0.3 is 15.0 Å². The van der Waals surface area contributed by atoms with Crippen molar-refractivity contribution in [3.05, 3.63) is 22.2 Å². The van der Waals surface area contributed by atoms with E-state index >= 15 is 0 Å². The zero-order valence-electron chi connectivity index (χ0n) is 10.9. The maximum Gasteiger partial charge on any atom is 0.252 e. The van der Waals surface area contributed by atoms with Crippen LogP contribution in [0.25, 0.3) is 0 Å². The second-order valence-corrected chi connectivity index (χ2v) is 4.76. The number of rotatable bonds is 5. The Labute approximate surface area is 107 Å². The molecule has 1 aromatic heterocycles.